The minimum atomic E-state index is 0.587. The molecule has 2 aromatic rings. The van der Waals surface area contributed by atoms with Crippen molar-refractivity contribution >= 4 is 22.8 Å². The van der Waals surface area contributed by atoms with Gasteiger partial charge in [-0.3, -0.25) is 0 Å². The zero-order valence-electron chi connectivity index (χ0n) is 10.6. The second kappa shape index (κ2) is 5.73. The Morgan fingerprint density at radius 3 is 2.83 bits per heavy atom. The molecule has 2 heterocycles. The van der Waals surface area contributed by atoms with Crippen LogP contribution in [0.15, 0.2) is 29.6 Å². The lowest BCUT2D eigenvalue weighted by atomic mass is 10.3. The Morgan fingerprint density at radius 1 is 1.39 bits per heavy atom. The smallest absolute Gasteiger partial charge is 0.215 e. The van der Waals surface area contributed by atoms with Crippen LogP contribution in [0.3, 0.4) is 0 Å². The summed E-state index contributed by atoms with van der Waals surface area (Å²) in [5, 5.41) is 2.07. The Hall–Kier alpha value is -1.75. The number of nitrogens with zero attached hydrogens (tertiary/aromatic N) is 2. The lowest BCUT2D eigenvalue weighted by Crippen LogP contribution is -2.23. The van der Waals surface area contributed by atoms with Crippen LogP contribution in [0.5, 0.6) is 5.88 Å². The number of nitrogens with two attached hydrogens (primary N) is 1. The third kappa shape index (κ3) is 2.73. The van der Waals surface area contributed by atoms with Crippen molar-refractivity contribution in [1.29, 1.82) is 0 Å². The molecule has 2 rings (SSSR count). The molecule has 0 unspecified atom stereocenters. The van der Waals surface area contributed by atoms with Gasteiger partial charge in [0, 0.05) is 17.5 Å². The molecule has 0 aliphatic rings. The summed E-state index contributed by atoms with van der Waals surface area (Å²) in [7, 11) is 1.61. The van der Waals surface area contributed by atoms with E-state index in [1.807, 2.05) is 6.07 Å². The molecule has 0 aliphatic carbocycles. The van der Waals surface area contributed by atoms with Crippen LogP contribution in [0.25, 0.3) is 0 Å². The number of rotatable bonds is 5. The van der Waals surface area contributed by atoms with Crippen molar-refractivity contribution in [3.05, 3.63) is 34.5 Å². The maximum absolute atomic E-state index is 5.99. The average molecular weight is 263 g/mol. The Morgan fingerprint density at radius 2 is 2.22 bits per heavy atom. The van der Waals surface area contributed by atoms with Gasteiger partial charge in [0.25, 0.3) is 0 Å². The molecular formula is C13H17N3OS. The molecule has 0 aliphatic heterocycles. The van der Waals surface area contributed by atoms with E-state index in [2.05, 4.69) is 34.3 Å². The van der Waals surface area contributed by atoms with E-state index < -0.39 is 0 Å². The summed E-state index contributed by atoms with van der Waals surface area (Å²) in [4.78, 5) is 7.86. The number of aromatic nitrogens is 1. The van der Waals surface area contributed by atoms with Crippen molar-refractivity contribution in [2.24, 2.45) is 0 Å². The molecular weight excluding hydrogens is 246 g/mol. The minimum Gasteiger partial charge on any atom is -0.481 e. The van der Waals surface area contributed by atoms with Crippen molar-refractivity contribution in [2.75, 3.05) is 24.3 Å². The third-order valence-electron chi connectivity index (χ3n) is 2.70. The van der Waals surface area contributed by atoms with Crippen LogP contribution >= 0.6 is 11.3 Å². The molecule has 0 saturated carbocycles. The fourth-order valence-corrected chi connectivity index (χ4v) is 2.46. The molecule has 18 heavy (non-hydrogen) atoms. The second-order valence-corrected chi connectivity index (χ2v) is 4.89. The van der Waals surface area contributed by atoms with Gasteiger partial charge >= 0.3 is 0 Å². The largest absolute Gasteiger partial charge is 0.481 e. The summed E-state index contributed by atoms with van der Waals surface area (Å²) < 4.78 is 5.15. The number of anilines is 2. The van der Waals surface area contributed by atoms with E-state index in [1.165, 1.54) is 4.88 Å². The normalized spacial score (nSPS) is 10.3. The quantitative estimate of drug-likeness (QED) is 0.901. The van der Waals surface area contributed by atoms with Gasteiger partial charge in [-0.15, -0.1) is 11.3 Å². The summed E-state index contributed by atoms with van der Waals surface area (Å²) in [5.74, 6) is 1.37. The molecule has 0 saturated heterocycles. The van der Waals surface area contributed by atoms with Crippen LogP contribution in [0.2, 0.25) is 0 Å². The van der Waals surface area contributed by atoms with E-state index in [1.54, 1.807) is 24.5 Å². The van der Waals surface area contributed by atoms with Crippen LogP contribution < -0.4 is 15.4 Å². The van der Waals surface area contributed by atoms with Gasteiger partial charge < -0.3 is 15.4 Å². The monoisotopic (exact) mass is 263 g/mol. The molecule has 2 N–H and O–H groups in total. The number of ether oxygens (including phenoxy) is 1. The number of methoxy groups -OCH3 is 1. The second-order valence-electron chi connectivity index (χ2n) is 3.86. The van der Waals surface area contributed by atoms with Gasteiger partial charge in [-0.1, -0.05) is 6.07 Å². The molecule has 0 radical (unpaired) electrons. The van der Waals surface area contributed by atoms with Gasteiger partial charge in [0.1, 0.15) is 0 Å². The zero-order valence-corrected chi connectivity index (χ0v) is 11.4. The number of nitrogen functional groups attached to an aromatic ring is 1. The van der Waals surface area contributed by atoms with Crippen LogP contribution in [0.4, 0.5) is 11.5 Å². The highest BCUT2D eigenvalue weighted by Gasteiger charge is 2.12. The van der Waals surface area contributed by atoms with E-state index >= 15 is 0 Å². The molecule has 4 nitrogen and oxygen atoms in total. The third-order valence-corrected chi connectivity index (χ3v) is 3.56. The van der Waals surface area contributed by atoms with Gasteiger partial charge in [-0.05, 0) is 24.4 Å². The lowest BCUT2D eigenvalue weighted by molar-refractivity contribution is 0.398. The molecule has 0 fully saturated rings. The number of thiophene rings is 1. The van der Waals surface area contributed by atoms with Crippen molar-refractivity contribution in [2.45, 2.75) is 13.5 Å². The fraction of sp³-hybridized carbons (Fsp3) is 0.308. The summed E-state index contributed by atoms with van der Waals surface area (Å²) >= 11 is 1.74. The van der Waals surface area contributed by atoms with Crippen LogP contribution in [0.1, 0.15) is 11.8 Å². The maximum atomic E-state index is 5.99. The number of hydrogen-bond acceptors (Lipinski definition) is 5. The maximum Gasteiger partial charge on any atom is 0.215 e. The minimum absolute atomic E-state index is 0.587. The standard InChI is InChI=1S/C13H17N3OS/c1-3-16(9-10-5-4-8-18-10)13-11(14)6-7-12(15-13)17-2/h4-8H,3,9,14H2,1-2H3. The fourth-order valence-electron chi connectivity index (χ4n) is 1.74. The van der Waals surface area contributed by atoms with Crippen LogP contribution in [0, 0.1) is 0 Å². The van der Waals surface area contributed by atoms with E-state index in [4.69, 9.17) is 10.5 Å². The lowest BCUT2D eigenvalue weighted by Gasteiger charge is -2.23. The van der Waals surface area contributed by atoms with Crippen molar-refractivity contribution < 1.29 is 4.74 Å². The van der Waals surface area contributed by atoms with Crippen molar-refractivity contribution in [3.63, 3.8) is 0 Å². The summed E-state index contributed by atoms with van der Waals surface area (Å²) in [5.41, 5.74) is 6.67. The number of hydrogen-bond donors (Lipinski definition) is 1. The molecule has 0 aromatic carbocycles. The van der Waals surface area contributed by atoms with Crippen molar-refractivity contribution in [3.8, 4) is 5.88 Å². The van der Waals surface area contributed by atoms with E-state index in [0.717, 1.165) is 18.9 Å². The summed E-state index contributed by atoms with van der Waals surface area (Å²) in [6, 6.07) is 7.77. The SMILES string of the molecule is CCN(Cc1cccs1)c1nc(OC)ccc1N. The first-order valence-electron chi connectivity index (χ1n) is 5.82. The Labute approximate surface area is 111 Å². The van der Waals surface area contributed by atoms with Crippen LogP contribution in [-0.4, -0.2) is 18.6 Å². The van der Waals surface area contributed by atoms with Gasteiger partial charge in [0.05, 0.1) is 19.3 Å². The molecule has 0 amide bonds. The molecule has 96 valence electrons. The molecule has 2 aromatic heterocycles. The van der Waals surface area contributed by atoms with Gasteiger partial charge in [-0.25, -0.2) is 0 Å². The summed E-state index contributed by atoms with van der Waals surface area (Å²) in [6.07, 6.45) is 0. The van der Waals surface area contributed by atoms with Gasteiger partial charge in [0.2, 0.25) is 5.88 Å². The molecule has 0 spiro atoms. The van der Waals surface area contributed by atoms with Gasteiger partial charge in [0.15, 0.2) is 5.82 Å². The first-order valence-corrected chi connectivity index (χ1v) is 6.70. The highest BCUT2D eigenvalue weighted by molar-refractivity contribution is 7.09. The predicted molar refractivity (Wildman–Crippen MR) is 76.2 cm³/mol. The van der Waals surface area contributed by atoms with Gasteiger partial charge in [-0.2, -0.15) is 4.98 Å². The molecule has 0 bridgehead atoms. The highest BCUT2D eigenvalue weighted by Crippen LogP contribution is 2.25. The Kier molecular flexibility index (Phi) is 4.04. The predicted octanol–water partition coefficient (Wildman–Crippen LogP) is 2.76. The average Bonchev–Trinajstić information content (AvgIpc) is 2.90. The Balaban J connectivity index is 2.26. The first kappa shape index (κ1) is 12.7. The highest BCUT2D eigenvalue weighted by atomic mass is 32.1. The Bertz CT molecular complexity index is 499. The first-order chi connectivity index (χ1) is 8.74. The van der Waals surface area contributed by atoms with Crippen LogP contribution in [-0.2, 0) is 6.54 Å². The van der Waals surface area contributed by atoms with E-state index in [0.29, 0.717) is 11.6 Å². The topological polar surface area (TPSA) is 51.4 Å². The van der Waals surface area contributed by atoms with E-state index in [9.17, 15) is 0 Å². The molecule has 0 atom stereocenters. The van der Waals surface area contributed by atoms with Crippen molar-refractivity contribution in [1.82, 2.24) is 4.98 Å². The summed E-state index contributed by atoms with van der Waals surface area (Å²) in [6.45, 7) is 3.76. The number of pyridine rings is 1. The zero-order chi connectivity index (χ0) is 13.0. The molecule has 5 heteroatoms. The van der Waals surface area contributed by atoms with E-state index in [-0.39, 0.29) is 0 Å².